The van der Waals surface area contributed by atoms with E-state index in [1.165, 1.54) is 12.4 Å². The summed E-state index contributed by atoms with van der Waals surface area (Å²) >= 11 is 0. The zero-order chi connectivity index (χ0) is 13.8. The largest absolute Gasteiger partial charge is 0.497 e. The number of methoxy groups -OCH3 is 2. The maximum atomic E-state index is 10.9. The van der Waals surface area contributed by atoms with Crippen LogP contribution in [-0.4, -0.2) is 35.3 Å². The molecule has 6 heteroatoms. The number of benzene rings is 1. The Morgan fingerprint density at radius 3 is 2.21 bits per heavy atom. The van der Waals surface area contributed by atoms with Crippen LogP contribution in [-0.2, 0) is 0 Å². The molecule has 0 saturated heterocycles. The van der Waals surface area contributed by atoms with E-state index < -0.39 is 5.97 Å². The van der Waals surface area contributed by atoms with Gasteiger partial charge in [0, 0.05) is 11.6 Å². The van der Waals surface area contributed by atoms with Gasteiger partial charge in [0.1, 0.15) is 17.8 Å². The van der Waals surface area contributed by atoms with Gasteiger partial charge in [0.15, 0.2) is 5.69 Å². The molecular weight excluding hydrogens is 248 g/mol. The van der Waals surface area contributed by atoms with Crippen molar-refractivity contribution in [1.82, 2.24) is 9.97 Å². The quantitative estimate of drug-likeness (QED) is 0.903. The molecule has 0 radical (unpaired) electrons. The first-order valence-corrected chi connectivity index (χ1v) is 5.43. The molecule has 0 amide bonds. The van der Waals surface area contributed by atoms with Crippen LogP contribution >= 0.6 is 0 Å². The van der Waals surface area contributed by atoms with E-state index in [0.29, 0.717) is 22.8 Å². The van der Waals surface area contributed by atoms with Gasteiger partial charge in [0.05, 0.1) is 19.9 Å². The van der Waals surface area contributed by atoms with Crippen molar-refractivity contribution in [3.8, 4) is 22.8 Å². The first-order chi connectivity index (χ1) is 9.13. The summed E-state index contributed by atoms with van der Waals surface area (Å²) in [4.78, 5) is 18.6. The number of aromatic carboxylic acids is 1. The summed E-state index contributed by atoms with van der Waals surface area (Å²) in [6, 6.07) is 6.62. The van der Waals surface area contributed by atoms with Gasteiger partial charge in [-0.15, -0.1) is 0 Å². The molecule has 0 spiro atoms. The van der Waals surface area contributed by atoms with E-state index in [-0.39, 0.29) is 5.69 Å². The molecule has 98 valence electrons. The molecule has 2 rings (SSSR count). The van der Waals surface area contributed by atoms with E-state index in [0.717, 1.165) is 0 Å². The number of carbonyl (C=O) groups is 1. The zero-order valence-corrected chi connectivity index (χ0v) is 10.5. The molecule has 0 unspecified atom stereocenters. The highest BCUT2D eigenvalue weighted by Crippen LogP contribution is 2.28. The molecule has 0 atom stereocenters. The van der Waals surface area contributed by atoms with Gasteiger partial charge in [-0.25, -0.2) is 14.8 Å². The lowest BCUT2D eigenvalue weighted by atomic mass is 10.1. The molecule has 0 saturated carbocycles. The van der Waals surface area contributed by atoms with E-state index in [9.17, 15) is 4.79 Å². The van der Waals surface area contributed by atoms with Crippen LogP contribution in [0.5, 0.6) is 11.5 Å². The highest BCUT2D eigenvalue weighted by atomic mass is 16.5. The Balaban J connectivity index is 2.51. The van der Waals surface area contributed by atoms with Crippen LogP contribution in [0.1, 0.15) is 10.5 Å². The minimum Gasteiger partial charge on any atom is -0.497 e. The van der Waals surface area contributed by atoms with Crippen molar-refractivity contribution in [1.29, 1.82) is 0 Å². The third-order valence-electron chi connectivity index (χ3n) is 2.53. The average molecular weight is 260 g/mol. The lowest BCUT2D eigenvalue weighted by Crippen LogP contribution is -2.01. The van der Waals surface area contributed by atoms with E-state index in [1.54, 1.807) is 32.4 Å². The van der Waals surface area contributed by atoms with Crippen LogP contribution in [0.25, 0.3) is 11.3 Å². The van der Waals surface area contributed by atoms with E-state index >= 15 is 0 Å². The fourth-order valence-corrected chi connectivity index (χ4v) is 1.59. The zero-order valence-electron chi connectivity index (χ0n) is 10.5. The van der Waals surface area contributed by atoms with Crippen molar-refractivity contribution in [3.05, 3.63) is 36.3 Å². The normalized spacial score (nSPS) is 10.0. The molecule has 0 aliphatic heterocycles. The summed E-state index contributed by atoms with van der Waals surface area (Å²) in [5, 5.41) is 8.92. The van der Waals surface area contributed by atoms with Crippen molar-refractivity contribution >= 4 is 5.97 Å². The number of ether oxygens (including phenoxy) is 2. The Kier molecular flexibility index (Phi) is 3.61. The number of rotatable bonds is 4. The van der Waals surface area contributed by atoms with Gasteiger partial charge in [0.25, 0.3) is 0 Å². The number of hydrogen-bond acceptors (Lipinski definition) is 5. The second-order valence-electron chi connectivity index (χ2n) is 3.69. The van der Waals surface area contributed by atoms with Gasteiger partial charge in [-0.2, -0.15) is 0 Å². The van der Waals surface area contributed by atoms with Crippen molar-refractivity contribution in [3.63, 3.8) is 0 Å². The van der Waals surface area contributed by atoms with Gasteiger partial charge in [-0.3, -0.25) is 0 Å². The summed E-state index contributed by atoms with van der Waals surface area (Å²) in [6.45, 7) is 0. The molecule has 0 bridgehead atoms. The standard InChI is InChI=1S/C13H12N2O4/c1-18-9-3-8(4-10(5-9)19-2)11-6-12(13(16)17)15-7-14-11/h3-7H,1-2H3,(H,16,17). The van der Waals surface area contributed by atoms with Crippen LogP contribution in [0, 0.1) is 0 Å². The minimum atomic E-state index is -1.10. The second kappa shape index (κ2) is 5.34. The van der Waals surface area contributed by atoms with Gasteiger partial charge >= 0.3 is 5.97 Å². The van der Waals surface area contributed by atoms with Crippen molar-refractivity contribution < 1.29 is 19.4 Å². The lowest BCUT2D eigenvalue weighted by Gasteiger charge is -2.08. The van der Waals surface area contributed by atoms with E-state index in [2.05, 4.69) is 9.97 Å². The maximum absolute atomic E-state index is 10.9. The fraction of sp³-hybridized carbons (Fsp3) is 0.154. The SMILES string of the molecule is COc1cc(OC)cc(-c2cc(C(=O)O)ncn2)c1. The third kappa shape index (κ3) is 2.79. The first kappa shape index (κ1) is 12.8. The Morgan fingerprint density at radius 2 is 1.68 bits per heavy atom. The van der Waals surface area contributed by atoms with Crippen LogP contribution in [0.4, 0.5) is 0 Å². The summed E-state index contributed by atoms with van der Waals surface area (Å²) in [5.41, 5.74) is 1.12. The summed E-state index contributed by atoms with van der Waals surface area (Å²) in [6.07, 6.45) is 1.21. The Labute approximate surface area is 109 Å². The van der Waals surface area contributed by atoms with E-state index in [1.807, 2.05) is 0 Å². The highest BCUT2D eigenvalue weighted by Gasteiger charge is 2.10. The predicted molar refractivity (Wildman–Crippen MR) is 67.5 cm³/mol. The molecule has 1 aromatic carbocycles. The van der Waals surface area contributed by atoms with Crippen molar-refractivity contribution in [2.75, 3.05) is 14.2 Å². The van der Waals surface area contributed by atoms with Crippen molar-refractivity contribution in [2.24, 2.45) is 0 Å². The van der Waals surface area contributed by atoms with Gasteiger partial charge in [-0.05, 0) is 18.2 Å². The summed E-state index contributed by atoms with van der Waals surface area (Å²) < 4.78 is 10.3. The highest BCUT2D eigenvalue weighted by molar-refractivity contribution is 5.86. The topological polar surface area (TPSA) is 81.5 Å². The summed E-state index contributed by atoms with van der Waals surface area (Å²) in [5.74, 6) is 0.105. The number of carboxylic acid groups (broad SMARTS) is 1. The molecule has 1 heterocycles. The second-order valence-corrected chi connectivity index (χ2v) is 3.69. The van der Waals surface area contributed by atoms with Crippen LogP contribution < -0.4 is 9.47 Å². The average Bonchev–Trinajstić information content (AvgIpc) is 2.46. The smallest absolute Gasteiger partial charge is 0.354 e. The number of nitrogens with zero attached hydrogens (tertiary/aromatic N) is 2. The molecule has 2 aromatic rings. The monoisotopic (exact) mass is 260 g/mol. The van der Waals surface area contributed by atoms with Crippen LogP contribution in [0.3, 0.4) is 0 Å². The molecular formula is C13H12N2O4. The molecule has 0 fully saturated rings. The first-order valence-electron chi connectivity index (χ1n) is 5.43. The van der Waals surface area contributed by atoms with E-state index in [4.69, 9.17) is 14.6 Å². The molecule has 6 nitrogen and oxygen atoms in total. The lowest BCUT2D eigenvalue weighted by molar-refractivity contribution is 0.0690. The number of carboxylic acids is 1. The summed E-state index contributed by atoms with van der Waals surface area (Å²) in [7, 11) is 3.09. The van der Waals surface area contributed by atoms with Gasteiger partial charge < -0.3 is 14.6 Å². The molecule has 19 heavy (non-hydrogen) atoms. The molecule has 1 aromatic heterocycles. The van der Waals surface area contributed by atoms with Gasteiger partial charge in [0.2, 0.25) is 0 Å². The van der Waals surface area contributed by atoms with Crippen LogP contribution in [0.2, 0.25) is 0 Å². The Morgan fingerprint density at radius 1 is 1.05 bits per heavy atom. The van der Waals surface area contributed by atoms with Gasteiger partial charge in [-0.1, -0.05) is 0 Å². The Bertz CT molecular complexity index is 591. The van der Waals surface area contributed by atoms with Crippen molar-refractivity contribution in [2.45, 2.75) is 0 Å². The minimum absolute atomic E-state index is 0.0632. The molecule has 1 N–H and O–H groups in total. The molecule has 0 aliphatic rings. The third-order valence-corrected chi connectivity index (χ3v) is 2.53. The predicted octanol–water partition coefficient (Wildman–Crippen LogP) is 1.86. The molecule has 0 aliphatic carbocycles. The fourth-order valence-electron chi connectivity index (χ4n) is 1.59. The Hall–Kier alpha value is -2.63. The number of hydrogen-bond donors (Lipinski definition) is 1. The van der Waals surface area contributed by atoms with Crippen LogP contribution in [0.15, 0.2) is 30.6 Å². The number of aromatic nitrogens is 2. The maximum Gasteiger partial charge on any atom is 0.354 e.